The maximum absolute atomic E-state index is 10.9. The van der Waals surface area contributed by atoms with Crippen molar-refractivity contribution in [2.75, 3.05) is 5.32 Å². The van der Waals surface area contributed by atoms with E-state index in [0.717, 1.165) is 17.8 Å². The van der Waals surface area contributed by atoms with Crippen molar-refractivity contribution in [3.8, 4) is 0 Å². The summed E-state index contributed by atoms with van der Waals surface area (Å²) in [5.74, 6) is 0.00412. The van der Waals surface area contributed by atoms with Crippen LogP contribution in [0.2, 0.25) is 0 Å². The zero-order valence-corrected chi connectivity index (χ0v) is 10.2. The number of nitrogens with zero attached hydrogens (tertiary/aromatic N) is 3. The second-order valence-electron chi connectivity index (χ2n) is 3.91. The van der Waals surface area contributed by atoms with Crippen molar-refractivity contribution >= 4 is 17.2 Å². The highest BCUT2D eigenvalue weighted by Gasteiger charge is 2.20. The molecule has 0 aliphatic carbocycles. The Morgan fingerprint density at radius 1 is 1.10 bits per heavy atom. The number of benzene rings is 1. The number of nitrogens with one attached hydrogen (secondary N) is 1. The van der Waals surface area contributed by atoms with Crippen molar-refractivity contribution in [3.05, 3.63) is 68.4 Å². The molecule has 0 saturated carbocycles. The van der Waals surface area contributed by atoms with Crippen molar-refractivity contribution < 1.29 is 9.85 Å². The number of hydrogen-bond donors (Lipinski definition) is 1. The SMILES string of the molecule is O=[N+]([O-])c1cnc(NCc2ccccc2)c([N+](=O)[O-])c1. The largest absolute Gasteiger partial charge is 0.360 e. The fourth-order valence-electron chi connectivity index (χ4n) is 1.60. The van der Waals surface area contributed by atoms with E-state index in [-0.39, 0.29) is 5.82 Å². The lowest BCUT2D eigenvalue weighted by Gasteiger charge is -2.05. The first-order chi connectivity index (χ1) is 9.58. The molecule has 1 aromatic carbocycles. The van der Waals surface area contributed by atoms with E-state index < -0.39 is 21.2 Å². The Morgan fingerprint density at radius 2 is 1.80 bits per heavy atom. The minimum absolute atomic E-state index is 0.00412. The standard InChI is InChI=1S/C12H10N4O4/c17-15(18)10-6-11(16(19)20)12(14-8-10)13-7-9-4-2-1-3-5-9/h1-6,8H,7H2,(H,13,14). The number of aromatic nitrogens is 1. The number of rotatable bonds is 5. The van der Waals surface area contributed by atoms with Gasteiger partial charge in [-0.25, -0.2) is 4.98 Å². The van der Waals surface area contributed by atoms with Crippen LogP contribution in [0.3, 0.4) is 0 Å². The van der Waals surface area contributed by atoms with Crippen molar-refractivity contribution in [3.63, 3.8) is 0 Å². The summed E-state index contributed by atoms with van der Waals surface area (Å²) in [4.78, 5) is 23.8. The van der Waals surface area contributed by atoms with Crippen LogP contribution in [-0.4, -0.2) is 14.8 Å². The molecular weight excluding hydrogens is 264 g/mol. The molecule has 0 aliphatic rings. The number of hydrogen-bond acceptors (Lipinski definition) is 6. The summed E-state index contributed by atoms with van der Waals surface area (Å²) in [6, 6.07) is 10.1. The van der Waals surface area contributed by atoms with E-state index in [1.165, 1.54) is 0 Å². The van der Waals surface area contributed by atoms with Gasteiger partial charge in [-0.2, -0.15) is 0 Å². The van der Waals surface area contributed by atoms with Crippen LogP contribution in [-0.2, 0) is 6.54 Å². The molecule has 0 amide bonds. The highest BCUT2D eigenvalue weighted by Crippen LogP contribution is 2.26. The molecular formula is C12H10N4O4. The fraction of sp³-hybridized carbons (Fsp3) is 0.0833. The van der Waals surface area contributed by atoms with Crippen LogP contribution in [0.15, 0.2) is 42.6 Å². The van der Waals surface area contributed by atoms with E-state index in [0.29, 0.717) is 6.54 Å². The number of anilines is 1. The summed E-state index contributed by atoms with van der Waals surface area (Å²) in [6.07, 6.45) is 0.986. The summed E-state index contributed by atoms with van der Waals surface area (Å²) in [5.41, 5.74) is 0.0824. The molecule has 102 valence electrons. The van der Waals surface area contributed by atoms with Gasteiger partial charge in [0, 0.05) is 6.54 Å². The molecule has 1 N–H and O–H groups in total. The van der Waals surface area contributed by atoms with Crippen molar-refractivity contribution in [2.45, 2.75) is 6.54 Å². The molecule has 2 aromatic rings. The van der Waals surface area contributed by atoms with E-state index >= 15 is 0 Å². The van der Waals surface area contributed by atoms with Gasteiger partial charge in [-0.3, -0.25) is 20.2 Å². The van der Waals surface area contributed by atoms with Crippen molar-refractivity contribution in [2.24, 2.45) is 0 Å². The lowest BCUT2D eigenvalue weighted by molar-refractivity contribution is -0.394. The molecule has 0 bridgehead atoms. The van der Waals surface area contributed by atoms with Crippen LogP contribution >= 0.6 is 0 Å². The molecule has 8 nitrogen and oxygen atoms in total. The van der Waals surface area contributed by atoms with Gasteiger partial charge < -0.3 is 5.32 Å². The minimum atomic E-state index is -0.721. The Kier molecular flexibility index (Phi) is 3.85. The monoisotopic (exact) mass is 274 g/mol. The van der Waals surface area contributed by atoms with E-state index in [1.807, 2.05) is 30.3 Å². The predicted octanol–water partition coefficient (Wildman–Crippen LogP) is 2.51. The van der Waals surface area contributed by atoms with Gasteiger partial charge in [-0.1, -0.05) is 30.3 Å². The van der Waals surface area contributed by atoms with Gasteiger partial charge in [0.1, 0.15) is 6.20 Å². The van der Waals surface area contributed by atoms with Crippen LogP contribution in [0, 0.1) is 20.2 Å². The van der Waals surface area contributed by atoms with E-state index in [9.17, 15) is 20.2 Å². The van der Waals surface area contributed by atoms with Crippen LogP contribution in [0.1, 0.15) is 5.56 Å². The second kappa shape index (κ2) is 5.74. The van der Waals surface area contributed by atoms with Gasteiger partial charge in [0.25, 0.3) is 5.69 Å². The minimum Gasteiger partial charge on any atom is -0.360 e. The number of pyridine rings is 1. The average molecular weight is 274 g/mol. The Morgan fingerprint density at radius 3 is 2.40 bits per heavy atom. The summed E-state index contributed by atoms with van der Waals surface area (Å²) in [6.45, 7) is 0.340. The average Bonchev–Trinajstić information content (AvgIpc) is 2.45. The van der Waals surface area contributed by atoms with Gasteiger partial charge in [0.05, 0.1) is 15.9 Å². The maximum atomic E-state index is 10.9. The van der Waals surface area contributed by atoms with Crippen LogP contribution < -0.4 is 5.32 Å². The van der Waals surface area contributed by atoms with Crippen LogP contribution in [0.5, 0.6) is 0 Å². The lowest BCUT2D eigenvalue weighted by Crippen LogP contribution is -2.05. The summed E-state index contributed by atoms with van der Waals surface area (Å²) in [5, 5.41) is 24.3. The first-order valence-corrected chi connectivity index (χ1v) is 5.64. The lowest BCUT2D eigenvalue weighted by atomic mass is 10.2. The smallest absolute Gasteiger partial charge is 0.318 e. The van der Waals surface area contributed by atoms with Crippen molar-refractivity contribution in [1.82, 2.24) is 4.98 Å². The van der Waals surface area contributed by atoms with E-state index in [2.05, 4.69) is 10.3 Å². The summed E-state index contributed by atoms with van der Waals surface area (Å²) < 4.78 is 0. The van der Waals surface area contributed by atoms with Crippen molar-refractivity contribution in [1.29, 1.82) is 0 Å². The van der Waals surface area contributed by atoms with Crippen LogP contribution in [0.4, 0.5) is 17.2 Å². The number of nitro groups is 2. The Bertz CT molecular complexity index is 645. The molecule has 20 heavy (non-hydrogen) atoms. The molecule has 0 radical (unpaired) electrons. The van der Waals surface area contributed by atoms with E-state index in [1.54, 1.807) is 0 Å². The quantitative estimate of drug-likeness (QED) is 0.662. The molecule has 8 heteroatoms. The molecule has 0 unspecified atom stereocenters. The van der Waals surface area contributed by atoms with Gasteiger partial charge in [0.2, 0.25) is 5.82 Å². The van der Waals surface area contributed by atoms with Gasteiger partial charge in [-0.15, -0.1) is 0 Å². The van der Waals surface area contributed by atoms with Gasteiger partial charge in [0.15, 0.2) is 0 Å². The summed E-state index contributed by atoms with van der Waals surface area (Å²) in [7, 11) is 0. The maximum Gasteiger partial charge on any atom is 0.318 e. The molecule has 0 fully saturated rings. The highest BCUT2D eigenvalue weighted by atomic mass is 16.6. The molecule has 2 rings (SSSR count). The molecule has 0 atom stereocenters. The normalized spacial score (nSPS) is 10.0. The first kappa shape index (κ1) is 13.4. The zero-order valence-electron chi connectivity index (χ0n) is 10.2. The highest BCUT2D eigenvalue weighted by molar-refractivity contribution is 5.59. The third-order valence-electron chi connectivity index (χ3n) is 2.56. The van der Waals surface area contributed by atoms with Crippen LogP contribution in [0.25, 0.3) is 0 Å². The van der Waals surface area contributed by atoms with Gasteiger partial charge in [-0.05, 0) is 5.56 Å². The topological polar surface area (TPSA) is 111 Å². The third kappa shape index (κ3) is 3.05. The summed E-state index contributed by atoms with van der Waals surface area (Å²) >= 11 is 0. The predicted molar refractivity (Wildman–Crippen MR) is 71.3 cm³/mol. The molecule has 0 saturated heterocycles. The fourth-order valence-corrected chi connectivity index (χ4v) is 1.60. The molecule has 0 aliphatic heterocycles. The molecule has 1 aromatic heterocycles. The zero-order chi connectivity index (χ0) is 14.5. The molecule has 1 heterocycles. The second-order valence-corrected chi connectivity index (χ2v) is 3.91. The van der Waals surface area contributed by atoms with Gasteiger partial charge >= 0.3 is 5.69 Å². The van der Waals surface area contributed by atoms with E-state index in [4.69, 9.17) is 0 Å². The Hall–Kier alpha value is -3.03. The Labute approximate surface area is 113 Å². The first-order valence-electron chi connectivity index (χ1n) is 5.64. The third-order valence-corrected chi connectivity index (χ3v) is 2.56. The molecule has 0 spiro atoms. The Balaban J connectivity index is 2.23.